The van der Waals surface area contributed by atoms with E-state index in [1.807, 2.05) is 30.3 Å². The van der Waals surface area contributed by atoms with Crippen molar-refractivity contribution < 1.29 is 19.4 Å². The molecule has 0 aliphatic carbocycles. The fraction of sp³-hybridized carbons (Fsp3) is 0.200. The number of hydrogen-bond acceptors (Lipinski definition) is 4. The fourth-order valence-electron chi connectivity index (χ4n) is 1.85. The third-order valence-corrected chi connectivity index (χ3v) is 4.32. The lowest BCUT2D eigenvalue weighted by molar-refractivity contribution is -0.137. The number of halogens is 1. The first-order valence-electron chi connectivity index (χ1n) is 6.48. The molecule has 2 rings (SSSR count). The Morgan fingerprint density at radius 1 is 1.27 bits per heavy atom. The number of hydrogen-bond donors (Lipinski definition) is 2. The van der Waals surface area contributed by atoms with Gasteiger partial charge in [0.15, 0.2) is 0 Å². The van der Waals surface area contributed by atoms with Crippen LogP contribution in [0.4, 0.5) is 4.79 Å². The summed E-state index contributed by atoms with van der Waals surface area (Å²) >= 11 is 7.29. The molecule has 5 nitrogen and oxygen atoms in total. The molecule has 22 heavy (non-hydrogen) atoms. The Bertz CT molecular complexity index is 644. The maximum Gasteiger partial charge on any atom is 0.407 e. The SMILES string of the molecule is O=C(O)CC(NC(=O)OCc1ccccc1)c1sccc1Cl. The monoisotopic (exact) mass is 339 g/mol. The molecule has 1 atom stereocenters. The molecule has 1 aromatic heterocycles. The number of benzene rings is 1. The Kier molecular flexibility index (Phi) is 5.80. The van der Waals surface area contributed by atoms with E-state index < -0.39 is 18.1 Å². The van der Waals surface area contributed by atoms with E-state index >= 15 is 0 Å². The van der Waals surface area contributed by atoms with Gasteiger partial charge in [-0.2, -0.15) is 0 Å². The molecule has 116 valence electrons. The second-order valence-electron chi connectivity index (χ2n) is 4.49. The quantitative estimate of drug-likeness (QED) is 0.838. The molecule has 1 amide bonds. The van der Waals surface area contributed by atoms with Crippen LogP contribution in [0.2, 0.25) is 5.02 Å². The van der Waals surface area contributed by atoms with E-state index in [0.717, 1.165) is 5.56 Å². The van der Waals surface area contributed by atoms with Gasteiger partial charge in [-0.05, 0) is 17.0 Å². The standard InChI is InChI=1S/C15H14ClNO4S/c16-11-6-7-22-14(11)12(8-13(18)19)17-15(20)21-9-10-4-2-1-3-5-10/h1-7,12H,8-9H2,(H,17,20)(H,18,19). The third-order valence-electron chi connectivity index (χ3n) is 2.84. The number of carboxylic acids is 1. The highest BCUT2D eigenvalue weighted by Gasteiger charge is 2.22. The first-order chi connectivity index (χ1) is 10.6. The number of rotatable bonds is 6. The number of amides is 1. The Hall–Kier alpha value is -2.05. The van der Waals surface area contributed by atoms with E-state index in [0.29, 0.717) is 9.90 Å². The van der Waals surface area contributed by atoms with Gasteiger partial charge in [0.1, 0.15) is 6.61 Å². The van der Waals surface area contributed by atoms with Gasteiger partial charge in [-0.25, -0.2) is 4.79 Å². The van der Waals surface area contributed by atoms with E-state index in [4.69, 9.17) is 21.4 Å². The van der Waals surface area contributed by atoms with Gasteiger partial charge in [-0.1, -0.05) is 41.9 Å². The Balaban J connectivity index is 1.96. The number of thiophene rings is 1. The molecule has 0 fully saturated rings. The lowest BCUT2D eigenvalue weighted by atomic mass is 10.2. The summed E-state index contributed by atoms with van der Waals surface area (Å²) in [6.45, 7) is 0.116. The topological polar surface area (TPSA) is 75.6 Å². The van der Waals surface area contributed by atoms with E-state index in [-0.39, 0.29) is 13.0 Å². The van der Waals surface area contributed by atoms with Crippen molar-refractivity contribution in [1.29, 1.82) is 0 Å². The highest BCUT2D eigenvalue weighted by atomic mass is 35.5. The second-order valence-corrected chi connectivity index (χ2v) is 5.84. The van der Waals surface area contributed by atoms with E-state index in [1.54, 1.807) is 11.4 Å². The maximum atomic E-state index is 11.9. The molecule has 2 aromatic rings. The molecule has 0 spiro atoms. The van der Waals surface area contributed by atoms with Gasteiger partial charge < -0.3 is 15.2 Å². The van der Waals surface area contributed by atoms with Gasteiger partial charge in [0.25, 0.3) is 0 Å². The number of carbonyl (C=O) groups is 2. The average molecular weight is 340 g/mol. The van der Waals surface area contributed by atoms with E-state index in [2.05, 4.69) is 5.32 Å². The Morgan fingerprint density at radius 3 is 2.59 bits per heavy atom. The molecule has 0 radical (unpaired) electrons. The van der Waals surface area contributed by atoms with Gasteiger partial charge in [-0.3, -0.25) is 4.79 Å². The minimum Gasteiger partial charge on any atom is -0.481 e. The van der Waals surface area contributed by atoms with Crippen LogP contribution in [0.15, 0.2) is 41.8 Å². The molecule has 0 saturated heterocycles. The average Bonchev–Trinajstić information content (AvgIpc) is 2.91. The molecule has 1 heterocycles. The third kappa shape index (κ3) is 4.75. The van der Waals surface area contributed by atoms with Gasteiger partial charge in [0.2, 0.25) is 0 Å². The molecule has 1 unspecified atom stereocenters. The number of ether oxygens (including phenoxy) is 1. The molecular formula is C15H14ClNO4S. The summed E-state index contributed by atoms with van der Waals surface area (Å²) in [4.78, 5) is 23.4. The van der Waals surface area contributed by atoms with Crippen LogP contribution in [0, 0.1) is 0 Å². The summed E-state index contributed by atoms with van der Waals surface area (Å²) < 4.78 is 5.10. The summed E-state index contributed by atoms with van der Waals surface area (Å²) in [7, 11) is 0. The first-order valence-corrected chi connectivity index (χ1v) is 7.74. The Morgan fingerprint density at radius 2 is 2.00 bits per heavy atom. The minimum absolute atomic E-state index is 0.116. The summed E-state index contributed by atoms with van der Waals surface area (Å²) in [5.74, 6) is -1.03. The smallest absolute Gasteiger partial charge is 0.407 e. The number of alkyl carbamates (subject to hydrolysis) is 1. The molecule has 2 N–H and O–H groups in total. The molecule has 0 bridgehead atoms. The van der Waals surface area contributed by atoms with Crippen LogP contribution in [0.5, 0.6) is 0 Å². The fourth-order valence-corrected chi connectivity index (χ4v) is 3.09. The molecular weight excluding hydrogens is 326 g/mol. The van der Waals surface area contributed by atoms with Crippen LogP contribution in [0.1, 0.15) is 22.9 Å². The number of nitrogens with one attached hydrogen (secondary N) is 1. The van der Waals surface area contributed by atoms with Crippen molar-refractivity contribution >= 4 is 35.0 Å². The highest BCUT2D eigenvalue weighted by molar-refractivity contribution is 7.10. The van der Waals surface area contributed by atoms with Crippen LogP contribution in [0.25, 0.3) is 0 Å². The minimum atomic E-state index is -1.03. The van der Waals surface area contributed by atoms with Gasteiger partial charge in [-0.15, -0.1) is 11.3 Å². The van der Waals surface area contributed by atoms with Gasteiger partial charge in [0.05, 0.1) is 17.5 Å². The first kappa shape index (κ1) is 16.3. The number of carboxylic acid groups (broad SMARTS) is 1. The molecule has 1 aromatic carbocycles. The zero-order chi connectivity index (χ0) is 15.9. The summed E-state index contributed by atoms with van der Waals surface area (Å²) in [6.07, 6.45) is -0.944. The van der Waals surface area contributed by atoms with Crippen molar-refractivity contribution in [3.63, 3.8) is 0 Å². The Labute approximate surface area is 136 Å². The van der Waals surface area contributed by atoms with Crippen molar-refractivity contribution in [3.05, 3.63) is 57.2 Å². The van der Waals surface area contributed by atoms with Crippen LogP contribution >= 0.6 is 22.9 Å². The largest absolute Gasteiger partial charge is 0.481 e. The molecule has 7 heteroatoms. The van der Waals surface area contributed by atoms with Crippen molar-refractivity contribution in [2.75, 3.05) is 0 Å². The van der Waals surface area contributed by atoms with Gasteiger partial charge in [0, 0.05) is 4.88 Å². The number of carbonyl (C=O) groups excluding carboxylic acids is 1. The van der Waals surface area contributed by atoms with Crippen LogP contribution in [0.3, 0.4) is 0 Å². The van der Waals surface area contributed by atoms with Crippen LogP contribution < -0.4 is 5.32 Å². The van der Waals surface area contributed by atoms with Crippen molar-refractivity contribution in [1.82, 2.24) is 5.32 Å². The normalized spacial score (nSPS) is 11.7. The lowest BCUT2D eigenvalue weighted by Gasteiger charge is -2.16. The van der Waals surface area contributed by atoms with Crippen LogP contribution in [-0.2, 0) is 16.1 Å². The summed E-state index contributed by atoms with van der Waals surface area (Å²) in [5.41, 5.74) is 0.849. The second kappa shape index (κ2) is 7.82. The predicted octanol–water partition coefficient (Wildman–Crippen LogP) is 3.84. The zero-order valence-electron chi connectivity index (χ0n) is 11.5. The maximum absolute atomic E-state index is 11.9. The summed E-state index contributed by atoms with van der Waals surface area (Å²) in [6, 6.07) is 10.2. The van der Waals surface area contributed by atoms with E-state index in [1.165, 1.54) is 11.3 Å². The molecule has 0 aliphatic heterocycles. The van der Waals surface area contributed by atoms with Crippen LogP contribution in [-0.4, -0.2) is 17.2 Å². The molecule has 0 aliphatic rings. The van der Waals surface area contributed by atoms with Crippen molar-refractivity contribution in [2.24, 2.45) is 0 Å². The van der Waals surface area contributed by atoms with Crippen molar-refractivity contribution in [2.45, 2.75) is 19.1 Å². The van der Waals surface area contributed by atoms with E-state index in [9.17, 15) is 9.59 Å². The summed E-state index contributed by atoms with van der Waals surface area (Å²) in [5, 5.41) is 13.7. The van der Waals surface area contributed by atoms with Gasteiger partial charge >= 0.3 is 12.1 Å². The predicted molar refractivity (Wildman–Crippen MR) is 84.1 cm³/mol. The number of aliphatic carboxylic acids is 1. The highest BCUT2D eigenvalue weighted by Crippen LogP contribution is 2.30. The lowest BCUT2D eigenvalue weighted by Crippen LogP contribution is -2.30. The molecule has 0 saturated carbocycles. The zero-order valence-corrected chi connectivity index (χ0v) is 13.1. The van der Waals surface area contributed by atoms with Crippen molar-refractivity contribution in [3.8, 4) is 0 Å².